The lowest BCUT2D eigenvalue weighted by atomic mass is 10.3. The number of nitrogens with zero attached hydrogens (tertiary/aromatic N) is 2. The molecule has 0 bridgehead atoms. The summed E-state index contributed by atoms with van der Waals surface area (Å²) >= 11 is 0. The molecule has 23 heavy (non-hydrogen) atoms. The number of hydrogen-bond acceptors (Lipinski definition) is 4. The van der Waals surface area contributed by atoms with Gasteiger partial charge in [-0.3, -0.25) is 14.5 Å². The Hall–Kier alpha value is -3.02. The fourth-order valence-corrected chi connectivity index (χ4v) is 2.18. The van der Waals surface area contributed by atoms with Crippen molar-refractivity contribution in [2.45, 2.75) is 6.92 Å². The molecule has 0 aliphatic rings. The first-order chi connectivity index (χ1) is 11.3. The van der Waals surface area contributed by atoms with Crippen LogP contribution in [0.4, 0.5) is 5.95 Å². The minimum absolute atomic E-state index is 0.119. The molecule has 1 N–H and O–H groups in total. The monoisotopic (exact) mass is 311 g/mol. The lowest BCUT2D eigenvalue weighted by Crippen LogP contribution is -2.21. The summed E-state index contributed by atoms with van der Waals surface area (Å²) in [4.78, 5) is 16.3. The highest BCUT2D eigenvalue weighted by Gasteiger charge is 2.10. The van der Waals surface area contributed by atoms with Gasteiger partial charge in [-0.05, 0) is 31.2 Å². The van der Waals surface area contributed by atoms with Crippen molar-refractivity contribution in [3.05, 3.63) is 54.9 Å². The van der Waals surface area contributed by atoms with E-state index in [2.05, 4.69) is 10.3 Å². The van der Waals surface area contributed by atoms with Crippen molar-refractivity contribution in [3.63, 3.8) is 0 Å². The number of pyridine rings is 1. The Morgan fingerprint density at radius 1 is 1.13 bits per heavy atom. The molecule has 3 rings (SSSR count). The Morgan fingerprint density at radius 2 is 1.87 bits per heavy atom. The Morgan fingerprint density at radius 3 is 2.65 bits per heavy atom. The van der Waals surface area contributed by atoms with Crippen LogP contribution in [0.2, 0.25) is 0 Å². The normalized spacial score (nSPS) is 10.5. The van der Waals surface area contributed by atoms with Crippen LogP contribution in [-0.2, 0) is 4.79 Å². The zero-order chi connectivity index (χ0) is 16.1. The zero-order valence-corrected chi connectivity index (χ0v) is 12.7. The predicted molar refractivity (Wildman–Crippen MR) is 86.9 cm³/mol. The van der Waals surface area contributed by atoms with Gasteiger partial charge < -0.3 is 9.47 Å². The van der Waals surface area contributed by atoms with Crippen molar-refractivity contribution in [1.82, 2.24) is 9.38 Å². The minimum Gasteiger partial charge on any atom is -0.490 e. The number of para-hydroxylation sites is 2. The van der Waals surface area contributed by atoms with Gasteiger partial charge in [0.2, 0.25) is 5.95 Å². The van der Waals surface area contributed by atoms with E-state index in [0.29, 0.717) is 24.1 Å². The molecule has 6 heteroatoms. The number of amides is 1. The molecule has 0 unspecified atom stereocenters. The van der Waals surface area contributed by atoms with E-state index in [0.717, 1.165) is 5.52 Å². The number of benzene rings is 1. The summed E-state index contributed by atoms with van der Waals surface area (Å²) in [6.45, 7) is 2.31. The third-order valence-corrected chi connectivity index (χ3v) is 3.20. The summed E-state index contributed by atoms with van der Waals surface area (Å²) in [5, 5.41) is 2.73. The van der Waals surface area contributed by atoms with Gasteiger partial charge in [0.25, 0.3) is 5.91 Å². The van der Waals surface area contributed by atoms with Crippen LogP contribution in [0.1, 0.15) is 6.92 Å². The summed E-state index contributed by atoms with van der Waals surface area (Å²) < 4.78 is 12.8. The van der Waals surface area contributed by atoms with Crippen molar-refractivity contribution in [3.8, 4) is 11.5 Å². The molecule has 0 spiro atoms. The van der Waals surface area contributed by atoms with Crippen LogP contribution in [-0.4, -0.2) is 28.5 Å². The molecule has 2 heterocycles. The first-order valence-corrected chi connectivity index (χ1v) is 7.34. The van der Waals surface area contributed by atoms with Gasteiger partial charge in [-0.25, -0.2) is 4.98 Å². The number of rotatable bonds is 6. The van der Waals surface area contributed by atoms with Crippen molar-refractivity contribution in [1.29, 1.82) is 0 Å². The van der Waals surface area contributed by atoms with Crippen molar-refractivity contribution < 1.29 is 14.3 Å². The molecule has 0 aliphatic heterocycles. The number of anilines is 1. The van der Waals surface area contributed by atoms with Crippen LogP contribution in [0.15, 0.2) is 54.9 Å². The van der Waals surface area contributed by atoms with Crippen LogP contribution >= 0.6 is 0 Å². The van der Waals surface area contributed by atoms with Crippen LogP contribution in [0, 0.1) is 0 Å². The van der Waals surface area contributed by atoms with Crippen LogP contribution in [0.25, 0.3) is 5.52 Å². The zero-order valence-electron chi connectivity index (χ0n) is 12.7. The molecule has 0 atom stereocenters. The summed E-state index contributed by atoms with van der Waals surface area (Å²) in [6.07, 6.45) is 3.53. The van der Waals surface area contributed by atoms with E-state index in [1.54, 1.807) is 22.7 Å². The van der Waals surface area contributed by atoms with E-state index in [1.807, 2.05) is 43.5 Å². The van der Waals surface area contributed by atoms with E-state index < -0.39 is 0 Å². The number of imidazole rings is 1. The fraction of sp³-hybridized carbons (Fsp3) is 0.176. The number of fused-ring (bicyclic) bond motifs is 1. The van der Waals surface area contributed by atoms with Gasteiger partial charge in [0, 0.05) is 6.20 Å². The molecule has 6 nitrogen and oxygen atoms in total. The van der Waals surface area contributed by atoms with Crippen molar-refractivity contribution in [2.75, 3.05) is 18.5 Å². The number of aromatic nitrogens is 2. The largest absolute Gasteiger partial charge is 0.490 e. The summed E-state index contributed by atoms with van der Waals surface area (Å²) in [6, 6.07) is 13.0. The van der Waals surface area contributed by atoms with Gasteiger partial charge in [0.05, 0.1) is 18.3 Å². The highest BCUT2D eigenvalue weighted by Crippen LogP contribution is 2.26. The number of carbonyl (C=O) groups is 1. The third kappa shape index (κ3) is 3.42. The molecule has 0 fully saturated rings. The summed E-state index contributed by atoms with van der Waals surface area (Å²) in [7, 11) is 0. The molecule has 3 aromatic rings. The quantitative estimate of drug-likeness (QED) is 0.760. The maximum Gasteiger partial charge on any atom is 0.264 e. The molecule has 2 aromatic heterocycles. The molecule has 0 radical (unpaired) electrons. The predicted octanol–water partition coefficient (Wildman–Crippen LogP) is 2.75. The van der Waals surface area contributed by atoms with E-state index >= 15 is 0 Å². The summed E-state index contributed by atoms with van der Waals surface area (Å²) in [5.74, 6) is 1.34. The standard InChI is InChI=1S/C17H17N3O3/c1-2-22-14-8-3-4-9-15(14)23-12-16(21)19-17-18-11-13-7-5-6-10-20(13)17/h3-11H,2,12H2,1H3,(H,18,19,21). The second-order valence-electron chi connectivity index (χ2n) is 4.79. The second-order valence-corrected chi connectivity index (χ2v) is 4.79. The first-order valence-electron chi connectivity index (χ1n) is 7.34. The first kappa shape index (κ1) is 14.9. The molecular weight excluding hydrogens is 294 g/mol. The van der Waals surface area contributed by atoms with Gasteiger partial charge in [-0.15, -0.1) is 0 Å². The number of hydrogen-bond donors (Lipinski definition) is 1. The van der Waals surface area contributed by atoms with E-state index in [-0.39, 0.29) is 12.5 Å². The highest BCUT2D eigenvalue weighted by atomic mass is 16.5. The van der Waals surface area contributed by atoms with Gasteiger partial charge in [0.1, 0.15) is 0 Å². The topological polar surface area (TPSA) is 64.9 Å². The lowest BCUT2D eigenvalue weighted by molar-refractivity contribution is -0.118. The van der Waals surface area contributed by atoms with Gasteiger partial charge in [-0.1, -0.05) is 18.2 Å². The maximum atomic E-state index is 12.1. The van der Waals surface area contributed by atoms with Crippen LogP contribution < -0.4 is 14.8 Å². The Kier molecular flexibility index (Phi) is 4.42. The fourth-order valence-electron chi connectivity index (χ4n) is 2.18. The Bertz CT molecular complexity index is 813. The molecular formula is C17H17N3O3. The van der Waals surface area contributed by atoms with Crippen LogP contribution in [0.3, 0.4) is 0 Å². The van der Waals surface area contributed by atoms with Crippen molar-refractivity contribution in [2.24, 2.45) is 0 Å². The molecule has 0 aliphatic carbocycles. The van der Waals surface area contributed by atoms with Crippen molar-refractivity contribution >= 4 is 17.4 Å². The molecule has 0 saturated carbocycles. The highest BCUT2D eigenvalue weighted by molar-refractivity contribution is 5.90. The average Bonchev–Trinajstić information content (AvgIpc) is 2.98. The lowest BCUT2D eigenvalue weighted by Gasteiger charge is -2.11. The van der Waals surface area contributed by atoms with E-state index in [4.69, 9.17) is 9.47 Å². The third-order valence-electron chi connectivity index (χ3n) is 3.20. The molecule has 1 aromatic carbocycles. The maximum absolute atomic E-state index is 12.1. The smallest absolute Gasteiger partial charge is 0.264 e. The number of nitrogens with one attached hydrogen (secondary N) is 1. The molecule has 1 amide bonds. The van der Waals surface area contributed by atoms with Gasteiger partial charge >= 0.3 is 0 Å². The Balaban J connectivity index is 1.64. The van der Waals surface area contributed by atoms with E-state index in [9.17, 15) is 4.79 Å². The second kappa shape index (κ2) is 6.83. The number of carbonyl (C=O) groups excluding carboxylic acids is 1. The number of ether oxygens (including phenoxy) is 2. The van der Waals surface area contributed by atoms with Gasteiger partial charge in [-0.2, -0.15) is 0 Å². The minimum atomic E-state index is -0.285. The Labute approximate surface area is 133 Å². The average molecular weight is 311 g/mol. The summed E-state index contributed by atoms with van der Waals surface area (Å²) in [5.41, 5.74) is 0.908. The SMILES string of the molecule is CCOc1ccccc1OCC(=O)Nc1ncc2ccccn12. The molecule has 0 saturated heterocycles. The van der Waals surface area contributed by atoms with E-state index in [1.165, 1.54) is 0 Å². The van der Waals surface area contributed by atoms with Gasteiger partial charge in [0.15, 0.2) is 18.1 Å². The van der Waals surface area contributed by atoms with Crippen LogP contribution in [0.5, 0.6) is 11.5 Å². The molecule has 118 valence electrons.